The molecule has 0 saturated heterocycles. The quantitative estimate of drug-likeness (QED) is 0.0465. The molecule has 1 aromatic carbocycles. The fourth-order valence-corrected chi connectivity index (χ4v) is 4.35. The van der Waals surface area contributed by atoms with Crippen molar-refractivity contribution in [2.24, 2.45) is 0 Å². The van der Waals surface area contributed by atoms with E-state index in [1.807, 2.05) is 0 Å². The molecule has 0 bridgehead atoms. The Labute approximate surface area is 255 Å². The Hall–Kier alpha value is -3.69. The summed E-state index contributed by atoms with van der Waals surface area (Å²) in [6.07, 6.45) is 15.0. The van der Waals surface area contributed by atoms with Gasteiger partial charge in [0.15, 0.2) is 11.5 Å². The van der Waals surface area contributed by atoms with Crippen LogP contribution in [0, 0.1) is 0 Å². The predicted molar refractivity (Wildman–Crippen MR) is 161 cm³/mol. The van der Waals surface area contributed by atoms with Crippen LogP contribution >= 0.6 is 0 Å². The van der Waals surface area contributed by atoms with Crippen molar-refractivity contribution in [3.8, 4) is 11.5 Å². The third-order valence-corrected chi connectivity index (χ3v) is 6.37. The number of esters is 5. The zero-order chi connectivity index (χ0) is 31.9. The second-order valence-electron chi connectivity index (χ2n) is 10.4. The minimum atomic E-state index is -0.567. The SMILES string of the molecule is CC(=O)OCCCCCCCCCC(CCCCCCOC(C)=O)OC(=O)/C=C/c1ccc(OC(C)=O)c(OC(C)=O)c1. The van der Waals surface area contributed by atoms with Crippen molar-refractivity contribution in [3.63, 3.8) is 0 Å². The summed E-state index contributed by atoms with van der Waals surface area (Å²) >= 11 is 0. The third-order valence-electron chi connectivity index (χ3n) is 6.37. The molecular weight excluding hydrogens is 556 g/mol. The predicted octanol–water partition coefficient (Wildman–Crippen LogP) is 6.66. The molecular formula is C33H48O10. The second-order valence-corrected chi connectivity index (χ2v) is 10.4. The molecule has 0 N–H and O–H groups in total. The fourth-order valence-electron chi connectivity index (χ4n) is 4.35. The van der Waals surface area contributed by atoms with Gasteiger partial charge in [-0.3, -0.25) is 19.2 Å². The Morgan fingerprint density at radius 1 is 0.605 bits per heavy atom. The van der Waals surface area contributed by atoms with Crippen molar-refractivity contribution < 1.29 is 47.7 Å². The normalized spacial score (nSPS) is 11.5. The van der Waals surface area contributed by atoms with Crippen LogP contribution in [0.1, 0.15) is 117 Å². The summed E-state index contributed by atoms with van der Waals surface area (Å²) in [4.78, 5) is 57.2. The molecule has 10 heteroatoms. The lowest BCUT2D eigenvalue weighted by Crippen LogP contribution is -2.17. The molecule has 0 spiro atoms. The van der Waals surface area contributed by atoms with Crippen molar-refractivity contribution in [1.29, 1.82) is 0 Å². The second kappa shape index (κ2) is 22.9. The lowest BCUT2D eigenvalue weighted by molar-refractivity contribution is -0.144. The first kappa shape index (κ1) is 37.3. The van der Waals surface area contributed by atoms with E-state index in [1.54, 1.807) is 12.1 Å². The molecule has 10 nitrogen and oxygen atoms in total. The first-order valence-electron chi connectivity index (χ1n) is 15.2. The van der Waals surface area contributed by atoms with Crippen molar-refractivity contribution in [2.45, 2.75) is 117 Å². The van der Waals surface area contributed by atoms with Crippen LogP contribution in [0.4, 0.5) is 0 Å². The number of carbonyl (C=O) groups is 5. The fraction of sp³-hybridized carbons (Fsp3) is 0.606. The highest BCUT2D eigenvalue weighted by molar-refractivity contribution is 5.87. The van der Waals surface area contributed by atoms with Crippen molar-refractivity contribution in [2.75, 3.05) is 13.2 Å². The summed E-state index contributed by atoms with van der Waals surface area (Å²) in [7, 11) is 0. The zero-order valence-electron chi connectivity index (χ0n) is 26.2. The van der Waals surface area contributed by atoms with Gasteiger partial charge in [-0.25, -0.2) is 4.79 Å². The number of ether oxygens (including phenoxy) is 5. The molecule has 1 aromatic rings. The summed E-state index contributed by atoms with van der Waals surface area (Å²) in [6, 6.07) is 4.64. The Kier molecular flexibility index (Phi) is 19.8. The Bertz CT molecular complexity index is 1050. The lowest BCUT2D eigenvalue weighted by Gasteiger charge is -2.17. The average molecular weight is 605 g/mol. The highest BCUT2D eigenvalue weighted by Crippen LogP contribution is 2.29. The van der Waals surface area contributed by atoms with E-state index in [0.29, 0.717) is 18.8 Å². The first-order valence-corrected chi connectivity index (χ1v) is 15.2. The van der Waals surface area contributed by atoms with E-state index in [1.165, 1.54) is 45.9 Å². The van der Waals surface area contributed by atoms with Gasteiger partial charge in [-0.2, -0.15) is 0 Å². The van der Waals surface area contributed by atoms with Gasteiger partial charge in [-0.05, 0) is 62.3 Å². The first-order chi connectivity index (χ1) is 20.6. The number of hydrogen-bond acceptors (Lipinski definition) is 10. The van der Waals surface area contributed by atoms with Gasteiger partial charge in [-0.1, -0.05) is 51.0 Å². The largest absolute Gasteiger partial charge is 0.466 e. The van der Waals surface area contributed by atoms with E-state index in [4.69, 9.17) is 23.7 Å². The molecule has 0 amide bonds. The van der Waals surface area contributed by atoms with Gasteiger partial charge in [0.05, 0.1) is 13.2 Å². The maximum atomic E-state index is 12.7. The molecule has 43 heavy (non-hydrogen) atoms. The maximum Gasteiger partial charge on any atom is 0.331 e. The van der Waals surface area contributed by atoms with Crippen LogP contribution in [0.25, 0.3) is 6.08 Å². The Balaban J connectivity index is 2.61. The van der Waals surface area contributed by atoms with Gasteiger partial charge in [0.25, 0.3) is 0 Å². The molecule has 0 radical (unpaired) electrons. The van der Waals surface area contributed by atoms with E-state index in [9.17, 15) is 24.0 Å². The minimum absolute atomic E-state index is 0.0780. The summed E-state index contributed by atoms with van der Waals surface area (Å²) < 4.78 is 26.0. The van der Waals surface area contributed by atoms with Crippen LogP contribution in [-0.2, 0) is 38.2 Å². The molecule has 0 aliphatic rings. The monoisotopic (exact) mass is 604 g/mol. The van der Waals surface area contributed by atoms with Crippen LogP contribution < -0.4 is 9.47 Å². The number of unbranched alkanes of at least 4 members (excludes halogenated alkanes) is 9. The summed E-state index contributed by atoms with van der Waals surface area (Å²) in [5.41, 5.74) is 0.571. The highest BCUT2D eigenvalue weighted by Gasteiger charge is 2.14. The zero-order valence-corrected chi connectivity index (χ0v) is 26.2. The molecule has 0 fully saturated rings. The summed E-state index contributed by atoms with van der Waals surface area (Å²) in [6.45, 7) is 6.21. The van der Waals surface area contributed by atoms with E-state index in [-0.39, 0.29) is 29.5 Å². The molecule has 0 saturated carbocycles. The molecule has 0 aliphatic carbocycles. The smallest absolute Gasteiger partial charge is 0.331 e. The number of hydrogen-bond donors (Lipinski definition) is 0. The molecule has 0 aromatic heterocycles. The van der Waals surface area contributed by atoms with Gasteiger partial charge in [0.1, 0.15) is 6.10 Å². The van der Waals surface area contributed by atoms with Gasteiger partial charge in [-0.15, -0.1) is 0 Å². The van der Waals surface area contributed by atoms with Crippen LogP contribution in [-0.4, -0.2) is 49.2 Å². The van der Waals surface area contributed by atoms with Gasteiger partial charge < -0.3 is 23.7 Å². The van der Waals surface area contributed by atoms with E-state index in [2.05, 4.69) is 0 Å². The van der Waals surface area contributed by atoms with Crippen LogP contribution in [0.15, 0.2) is 24.3 Å². The molecule has 0 heterocycles. The standard InChI is InChI=1S/C33H48O10/c1-25(34)39-22-14-10-7-5-6-8-12-16-30(17-13-9-11-15-23-40-26(2)35)43-33(38)21-19-29-18-20-31(41-27(3)36)32(24-29)42-28(4)37/h18-21,24,30H,5-17,22-23H2,1-4H3/b21-19+. The van der Waals surface area contributed by atoms with E-state index >= 15 is 0 Å². The van der Waals surface area contributed by atoms with Crippen LogP contribution in [0.3, 0.4) is 0 Å². The van der Waals surface area contributed by atoms with E-state index in [0.717, 1.165) is 83.5 Å². The van der Waals surface area contributed by atoms with E-state index < -0.39 is 17.9 Å². The number of rotatable bonds is 22. The van der Waals surface area contributed by atoms with Crippen molar-refractivity contribution in [1.82, 2.24) is 0 Å². The molecule has 1 atom stereocenters. The highest BCUT2D eigenvalue weighted by atomic mass is 16.6. The third kappa shape index (κ3) is 20.8. The number of benzene rings is 1. The summed E-state index contributed by atoms with van der Waals surface area (Å²) in [5.74, 6) is -1.91. The van der Waals surface area contributed by atoms with Crippen molar-refractivity contribution in [3.05, 3.63) is 29.8 Å². The van der Waals surface area contributed by atoms with Gasteiger partial charge in [0, 0.05) is 33.8 Å². The lowest BCUT2D eigenvalue weighted by atomic mass is 10.0. The molecule has 0 aliphatic heterocycles. The number of carbonyl (C=O) groups excluding carboxylic acids is 5. The average Bonchev–Trinajstić information content (AvgIpc) is 2.92. The molecule has 1 unspecified atom stereocenters. The van der Waals surface area contributed by atoms with Crippen LogP contribution in [0.2, 0.25) is 0 Å². The topological polar surface area (TPSA) is 132 Å². The minimum Gasteiger partial charge on any atom is -0.466 e. The Morgan fingerprint density at radius 3 is 1.56 bits per heavy atom. The maximum absolute atomic E-state index is 12.7. The Morgan fingerprint density at radius 2 is 1.07 bits per heavy atom. The molecule has 240 valence electrons. The van der Waals surface area contributed by atoms with Crippen molar-refractivity contribution >= 4 is 35.9 Å². The van der Waals surface area contributed by atoms with Gasteiger partial charge in [0.2, 0.25) is 0 Å². The molecule has 1 rings (SSSR count). The van der Waals surface area contributed by atoms with Crippen LogP contribution in [0.5, 0.6) is 11.5 Å². The van der Waals surface area contributed by atoms with Gasteiger partial charge >= 0.3 is 29.8 Å². The summed E-state index contributed by atoms with van der Waals surface area (Å²) in [5, 5.41) is 0.